The van der Waals surface area contributed by atoms with Gasteiger partial charge in [0.05, 0.1) is 30.1 Å². The predicted octanol–water partition coefficient (Wildman–Crippen LogP) is 6.74. The maximum absolute atomic E-state index is 13.6. The van der Waals surface area contributed by atoms with Gasteiger partial charge in [0, 0.05) is 29.2 Å². The van der Waals surface area contributed by atoms with Crippen molar-refractivity contribution in [1.82, 2.24) is 14.8 Å². The highest BCUT2D eigenvalue weighted by Crippen LogP contribution is 2.30. The number of amides is 1. The second-order valence-corrected chi connectivity index (χ2v) is 9.43. The average Bonchev–Trinajstić information content (AvgIpc) is 3.31. The van der Waals surface area contributed by atoms with Crippen molar-refractivity contribution in [2.45, 2.75) is 13.5 Å². The van der Waals surface area contributed by atoms with Crippen LogP contribution in [0.1, 0.15) is 28.4 Å². The third-order valence-corrected chi connectivity index (χ3v) is 6.65. The maximum Gasteiger partial charge on any atom is 0.258 e. The third-order valence-electron chi connectivity index (χ3n) is 6.29. The van der Waals surface area contributed by atoms with Crippen LogP contribution in [0, 0.1) is 0 Å². The van der Waals surface area contributed by atoms with Gasteiger partial charge in [0.25, 0.3) is 5.91 Å². The summed E-state index contributed by atoms with van der Waals surface area (Å²) in [5.74, 6) is -0.246. The molecule has 38 heavy (non-hydrogen) atoms. The van der Waals surface area contributed by atoms with Crippen LogP contribution in [-0.4, -0.2) is 26.5 Å². The quantitative estimate of drug-likeness (QED) is 0.223. The summed E-state index contributed by atoms with van der Waals surface area (Å²) in [5, 5.41) is 5.93. The van der Waals surface area contributed by atoms with Gasteiger partial charge in [-0.05, 0) is 77.7 Å². The molecule has 2 heterocycles. The van der Waals surface area contributed by atoms with E-state index in [4.69, 9.17) is 11.6 Å². The molecule has 188 valence electrons. The number of rotatable bonds is 7. The number of halogens is 1. The fraction of sp³-hybridized carbons (Fsp3) is 0.0968. The van der Waals surface area contributed by atoms with Crippen LogP contribution in [0.5, 0.6) is 0 Å². The van der Waals surface area contributed by atoms with Crippen molar-refractivity contribution in [3.8, 4) is 11.1 Å². The largest absolute Gasteiger partial charge is 0.302 e. The molecule has 0 aliphatic heterocycles. The van der Waals surface area contributed by atoms with E-state index in [0.29, 0.717) is 16.3 Å². The number of hydrogen-bond donors (Lipinski definition) is 0. The van der Waals surface area contributed by atoms with E-state index in [1.165, 1.54) is 13.0 Å². The summed E-state index contributed by atoms with van der Waals surface area (Å²) in [5.41, 5.74) is 5.73. The van der Waals surface area contributed by atoms with Gasteiger partial charge in [-0.2, -0.15) is 5.10 Å². The molecule has 5 rings (SSSR count). The number of benzene rings is 3. The molecule has 6 nitrogen and oxygen atoms in total. The summed E-state index contributed by atoms with van der Waals surface area (Å²) in [6, 6.07) is 23.0. The van der Waals surface area contributed by atoms with Crippen LogP contribution < -0.4 is 4.90 Å². The number of carbonyl (C=O) groups excluding carboxylic acids is 2. The number of anilines is 1. The topological polar surface area (TPSA) is 68.1 Å². The SMILES string of the molecule is CC(=O)/C=C/c1cncc(N(Cc2ccc(-c3ccc4c(cnn4C)c3)cc2Cl)C(=O)c2ccccc2)c1. The molecule has 0 saturated heterocycles. The Labute approximate surface area is 225 Å². The minimum absolute atomic E-state index is 0.0674. The van der Waals surface area contributed by atoms with Crippen LogP contribution in [-0.2, 0) is 18.4 Å². The molecule has 7 heteroatoms. The van der Waals surface area contributed by atoms with Crippen LogP contribution in [0.2, 0.25) is 5.02 Å². The van der Waals surface area contributed by atoms with Crippen molar-refractivity contribution in [2.24, 2.45) is 7.05 Å². The van der Waals surface area contributed by atoms with E-state index in [1.54, 1.807) is 35.5 Å². The van der Waals surface area contributed by atoms with Crippen LogP contribution in [0.4, 0.5) is 5.69 Å². The van der Waals surface area contributed by atoms with Gasteiger partial charge in [-0.3, -0.25) is 19.3 Å². The molecule has 0 aliphatic carbocycles. The van der Waals surface area contributed by atoms with E-state index in [2.05, 4.69) is 16.1 Å². The number of hydrogen-bond acceptors (Lipinski definition) is 4. The lowest BCUT2D eigenvalue weighted by Gasteiger charge is -2.24. The number of allylic oxidation sites excluding steroid dienone is 1. The Balaban J connectivity index is 1.49. The van der Waals surface area contributed by atoms with Gasteiger partial charge in [0.1, 0.15) is 0 Å². The lowest BCUT2D eigenvalue weighted by molar-refractivity contribution is -0.112. The second kappa shape index (κ2) is 10.8. The first kappa shape index (κ1) is 25.1. The van der Waals surface area contributed by atoms with E-state index < -0.39 is 0 Å². The fourth-order valence-corrected chi connectivity index (χ4v) is 4.52. The van der Waals surface area contributed by atoms with Gasteiger partial charge >= 0.3 is 0 Å². The van der Waals surface area contributed by atoms with E-state index >= 15 is 0 Å². The van der Waals surface area contributed by atoms with Gasteiger partial charge in [0.2, 0.25) is 0 Å². The first-order valence-electron chi connectivity index (χ1n) is 12.1. The van der Waals surface area contributed by atoms with Gasteiger partial charge in [-0.15, -0.1) is 0 Å². The zero-order valence-corrected chi connectivity index (χ0v) is 21.8. The highest BCUT2D eigenvalue weighted by atomic mass is 35.5. The summed E-state index contributed by atoms with van der Waals surface area (Å²) < 4.78 is 1.84. The summed E-state index contributed by atoms with van der Waals surface area (Å²) in [6.45, 7) is 1.73. The molecule has 5 aromatic rings. The lowest BCUT2D eigenvalue weighted by Crippen LogP contribution is -2.30. The molecule has 0 aliphatic rings. The van der Waals surface area contributed by atoms with Crippen molar-refractivity contribution in [1.29, 1.82) is 0 Å². The van der Waals surface area contributed by atoms with Crippen molar-refractivity contribution in [3.63, 3.8) is 0 Å². The van der Waals surface area contributed by atoms with Gasteiger partial charge < -0.3 is 4.90 Å². The Morgan fingerprint density at radius 1 is 0.947 bits per heavy atom. The molecule has 0 unspecified atom stereocenters. The normalized spacial score (nSPS) is 11.2. The molecule has 0 spiro atoms. The molecule has 0 saturated carbocycles. The highest BCUT2D eigenvalue weighted by Gasteiger charge is 2.20. The van der Waals surface area contributed by atoms with E-state index in [0.717, 1.165) is 33.2 Å². The molecule has 0 bridgehead atoms. The Kier molecular flexibility index (Phi) is 7.15. The van der Waals surface area contributed by atoms with Crippen LogP contribution in [0.15, 0.2) is 97.5 Å². The molecule has 0 N–H and O–H groups in total. The molecular weight excluding hydrogens is 496 g/mol. The lowest BCUT2D eigenvalue weighted by atomic mass is 10.0. The maximum atomic E-state index is 13.6. The minimum Gasteiger partial charge on any atom is -0.302 e. The van der Waals surface area contributed by atoms with E-state index in [-0.39, 0.29) is 18.2 Å². The minimum atomic E-state index is -0.178. The fourth-order valence-electron chi connectivity index (χ4n) is 4.28. The smallest absolute Gasteiger partial charge is 0.258 e. The van der Waals surface area contributed by atoms with Crippen LogP contribution in [0.25, 0.3) is 28.1 Å². The molecule has 0 fully saturated rings. The van der Waals surface area contributed by atoms with Gasteiger partial charge in [-0.25, -0.2) is 0 Å². The molecule has 3 aromatic carbocycles. The number of pyridine rings is 1. The van der Waals surface area contributed by atoms with E-state index in [9.17, 15) is 9.59 Å². The Morgan fingerprint density at radius 2 is 1.71 bits per heavy atom. The molecule has 0 atom stereocenters. The van der Waals surface area contributed by atoms with Crippen molar-refractivity contribution in [3.05, 3.63) is 119 Å². The Morgan fingerprint density at radius 3 is 2.47 bits per heavy atom. The van der Waals surface area contributed by atoms with Crippen molar-refractivity contribution >= 4 is 46.0 Å². The molecule has 1 amide bonds. The standard InChI is InChI=1S/C31H25ClN4O2/c1-21(37)8-9-22-14-28(19-33-17-22)36(31(38)23-6-4-3-5-7-23)20-26-11-10-25(16-29(26)32)24-12-13-30-27(15-24)18-34-35(30)2/h3-19H,20H2,1-2H3/b9-8+. The van der Waals surface area contributed by atoms with Crippen LogP contribution in [0.3, 0.4) is 0 Å². The molecule has 2 aromatic heterocycles. The monoisotopic (exact) mass is 520 g/mol. The third kappa shape index (κ3) is 5.41. The van der Waals surface area contributed by atoms with Gasteiger partial charge in [0.15, 0.2) is 5.78 Å². The Bertz CT molecular complexity index is 1670. The number of aromatic nitrogens is 3. The number of carbonyl (C=O) groups is 2. The van der Waals surface area contributed by atoms with Gasteiger partial charge in [-0.1, -0.05) is 48.0 Å². The summed E-state index contributed by atoms with van der Waals surface area (Å²) in [7, 11) is 1.92. The molecule has 0 radical (unpaired) electrons. The van der Waals surface area contributed by atoms with E-state index in [1.807, 2.05) is 72.5 Å². The first-order valence-corrected chi connectivity index (χ1v) is 12.5. The number of ketones is 1. The number of aryl methyl sites for hydroxylation is 1. The predicted molar refractivity (Wildman–Crippen MR) is 152 cm³/mol. The average molecular weight is 521 g/mol. The summed E-state index contributed by atoms with van der Waals surface area (Å²) in [4.78, 5) is 31.0. The summed E-state index contributed by atoms with van der Waals surface area (Å²) >= 11 is 6.78. The molecular formula is C31H25ClN4O2. The second-order valence-electron chi connectivity index (χ2n) is 9.03. The Hall–Kier alpha value is -4.55. The van der Waals surface area contributed by atoms with Crippen molar-refractivity contribution in [2.75, 3.05) is 4.90 Å². The van der Waals surface area contributed by atoms with Crippen LogP contribution >= 0.6 is 11.6 Å². The number of nitrogens with zero attached hydrogens (tertiary/aromatic N) is 4. The first-order chi connectivity index (χ1) is 18.4. The zero-order chi connectivity index (χ0) is 26.6. The number of fused-ring (bicyclic) bond motifs is 1. The van der Waals surface area contributed by atoms with Crippen molar-refractivity contribution < 1.29 is 9.59 Å². The summed E-state index contributed by atoms with van der Waals surface area (Å²) in [6.07, 6.45) is 8.29. The highest BCUT2D eigenvalue weighted by molar-refractivity contribution is 6.31. The zero-order valence-electron chi connectivity index (χ0n) is 21.0.